The Balaban J connectivity index is 1.77. The molecule has 3 aromatic rings. The van der Waals surface area contributed by atoms with E-state index in [1.807, 2.05) is 72.8 Å². The quantitative estimate of drug-likeness (QED) is 0.422. The molecule has 0 heterocycles. The summed E-state index contributed by atoms with van der Waals surface area (Å²) in [6.07, 6.45) is 0.990. The van der Waals surface area contributed by atoms with E-state index in [0.717, 1.165) is 28.0 Å². The van der Waals surface area contributed by atoms with Crippen molar-refractivity contribution in [3.8, 4) is 5.75 Å². The van der Waals surface area contributed by atoms with E-state index in [1.165, 1.54) is 7.11 Å². The number of allylic oxidation sites excluding steroid dienone is 1. The summed E-state index contributed by atoms with van der Waals surface area (Å²) >= 11 is 0. The summed E-state index contributed by atoms with van der Waals surface area (Å²) in [7, 11) is 1.42. The molecule has 0 N–H and O–H groups in total. The molecule has 3 rings (SSSR count). The second-order valence-electron chi connectivity index (χ2n) is 6.91. The van der Waals surface area contributed by atoms with Gasteiger partial charge in [-0.05, 0) is 40.8 Å². The molecule has 0 aliphatic carbocycles. The number of esters is 1. The molecule has 3 aromatic carbocycles. The van der Waals surface area contributed by atoms with Gasteiger partial charge in [-0.2, -0.15) is 0 Å². The molecule has 0 spiro atoms. The van der Waals surface area contributed by atoms with Crippen LogP contribution in [0, 0.1) is 0 Å². The minimum Gasteiger partial charge on any atom is -0.489 e. The highest BCUT2D eigenvalue weighted by atomic mass is 16.5. The number of hydrogen-bond donors (Lipinski definition) is 0. The number of carbonyl (C=O) groups excluding carboxylic acids is 1. The van der Waals surface area contributed by atoms with Crippen LogP contribution in [0.4, 0.5) is 0 Å². The monoisotopic (exact) mass is 386 g/mol. The van der Waals surface area contributed by atoms with Crippen molar-refractivity contribution >= 4 is 11.5 Å². The first-order chi connectivity index (χ1) is 14.2. The molecule has 0 radical (unpaired) electrons. The molecular weight excluding hydrogens is 360 g/mol. The lowest BCUT2D eigenvalue weighted by molar-refractivity contribution is -0.140. The molecule has 0 bridgehead atoms. The van der Waals surface area contributed by atoms with Crippen LogP contribution >= 0.6 is 0 Å². The van der Waals surface area contributed by atoms with Crippen LogP contribution in [0.25, 0.3) is 5.57 Å². The SMILES string of the molecule is C=C(c1cccc(OCc2ccccc2)c1)C(CCC(=O)OC)c1ccccc1. The van der Waals surface area contributed by atoms with Crippen LogP contribution in [0.2, 0.25) is 0 Å². The maximum absolute atomic E-state index is 11.7. The fourth-order valence-electron chi connectivity index (χ4n) is 3.32. The molecule has 3 nitrogen and oxygen atoms in total. The van der Waals surface area contributed by atoms with Crippen molar-refractivity contribution in [1.29, 1.82) is 0 Å². The molecule has 0 saturated carbocycles. The Morgan fingerprint density at radius 1 is 0.931 bits per heavy atom. The standard InChI is InChI=1S/C26H26O3/c1-20(25(16-17-26(27)28-2)22-12-7-4-8-13-22)23-14-9-15-24(18-23)29-19-21-10-5-3-6-11-21/h3-15,18,25H,1,16-17,19H2,2H3. The van der Waals surface area contributed by atoms with Crippen LogP contribution in [0.3, 0.4) is 0 Å². The largest absolute Gasteiger partial charge is 0.489 e. The molecule has 0 aliphatic rings. The molecule has 1 unspecified atom stereocenters. The first-order valence-corrected chi connectivity index (χ1v) is 9.75. The van der Waals surface area contributed by atoms with Crippen molar-refractivity contribution in [2.24, 2.45) is 0 Å². The fourth-order valence-corrected chi connectivity index (χ4v) is 3.32. The average molecular weight is 386 g/mol. The summed E-state index contributed by atoms with van der Waals surface area (Å²) in [6, 6.07) is 28.2. The third kappa shape index (κ3) is 5.82. The number of benzene rings is 3. The van der Waals surface area contributed by atoms with Gasteiger partial charge in [0.05, 0.1) is 7.11 Å². The van der Waals surface area contributed by atoms with E-state index in [9.17, 15) is 4.79 Å². The van der Waals surface area contributed by atoms with Crippen LogP contribution in [0.15, 0.2) is 91.5 Å². The molecule has 0 amide bonds. The van der Waals surface area contributed by atoms with E-state index in [-0.39, 0.29) is 11.9 Å². The van der Waals surface area contributed by atoms with Crippen molar-refractivity contribution in [2.45, 2.75) is 25.4 Å². The van der Waals surface area contributed by atoms with Crippen molar-refractivity contribution in [1.82, 2.24) is 0 Å². The lowest BCUT2D eigenvalue weighted by Gasteiger charge is -2.21. The molecular formula is C26H26O3. The summed E-state index contributed by atoms with van der Waals surface area (Å²) in [5, 5.41) is 0. The number of hydrogen-bond acceptors (Lipinski definition) is 3. The minimum atomic E-state index is -0.210. The Kier molecular flexibility index (Phi) is 7.23. The van der Waals surface area contributed by atoms with Crippen molar-refractivity contribution in [2.75, 3.05) is 7.11 Å². The predicted octanol–water partition coefficient (Wildman–Crippen LogP) is 6.02. The zero-order valence-corrected chi connectivity index (χ0v) is 16.7. The number of rotatable bonds is 9. The van der Waals surface area contributed by atoms with Gasteiger partial charge in [-0.1, -0.05) is 79.4 Å². The first-order valence-electron chi connectivity index (χ1n) is 9.75. The Labute approximate surface area is 172 Å². The minimum absolute atomic E-state index is 0.0275. The van der Waals surface area contributed by atoms with E-state index in [4.69, 9.17) is 9.47 Å². The summed E-state index contributed by atoms with van der Waals surface area (Å²) < 4.78 is 10.8. The number of ether oxygens (including phenoxy) is 2. The van der Waals surface area contributed by atoms with Gasteiger partial charge in [0.25, 0.3) is 0 Å². The smallest absolute Gasteiger partial charge is 0.305 e. The molecule has 0 aromatic heterocycles. The Hall–Kier alpha value is -3.33. The van der Waals surface area contributed by atoms with E-state index >= 15 is 0 Å². The third-order valence-electron chi connectivity index (χ3n) is 4.94. The van der Waals surface area contributed by atoms with Crippen LogP contribution in [-0.2, 0) is 16.1 Å². The highest BCUT2D eigenvalue weighted by molar-refractivity contribution is 5.73. The van der Waals surface area contributed by atoms with Gasteiger partial charge in [-0.25, -0.2) is 0 Å². The van der Waals surface area contributed by atoms with Crippen LogP contribution in [0.1, 0.15) is 35.4 Å². The molecule has 148 valence electrons. The fraction of sp³-hybridized carbons (Fsp3) is 0.192. The van der Waals surface area contributed by atoms with Gasteiger partial charge >= 0.3 is 5.97 Å². The van der Waals surface area contributed by atoms with Gasteiger partial charge < -0.3 is 9.47 Å². The van der Waals surface area contributed by atoms with Crippen LogP contribution in [-0.4, -0.2) is 13.1 Å². The number of methoxy groups -OCH3 is 1. The van der Waals surface area contributed by atoms with Crippen molar-refractivity contribution in [3.63, 3.8) is 0 Å². The third-order valence-corrected chi connectivity index (χ3v) is 4.94. The predicted molar refractivity (Wildman–Crippen MR) is 117 cm³/mol. The Morgan fingerprint density at radius 3 is 2.31 bits per heavy atom. The Morgan fingerprint density at radius 2 is 1.62 bits per heavy atom. The zero-order valence-electron chi connectivity index (χ0n) is 16.7. The summed E-state index contributed by atoms with van der Waals surface area (Å²) in [4.78, 5) is 11.7. The molecule has 0 aliphatic heterocycles. The summed E-state index contributed by atoms with van der Waals surface area (Å²) in [5.41, 5.74) is 4.23. The molecule has 1 atom stereocenters. The summed E-state index contributed by atoms with van der Waals surface area (Å²) in [6.45, 7) is 4.87. The van der Waals surface area contributed by atoms with E-state index in [0.29, 0.717) is 19.4 Å². The highest BCUT2D eigenvalue weighted by Crippen LogP contribution is 2.35. The lowest BCUT2D eigenvalue weighted by atomic mass is 9.84. The highest BCUT2D eigenvalue weighted by Gasteiger charge is 2.18. The van der Waals surface area contributed by atoms with Gasteiger partial charge in [-0.3, -0.25) is 4.79 Å². The summed E-state index contributed by atoms with van der Waals surface area (Å²) in [5.74, 6) is 0.616. The van der Waals surface area contributed by atoms with E-state index in [1.54, 1.807) is 0 Å². The second kappa shape index (κ2) is 10.3. The van der Waals surface area contributed by atoms with Crippen molar-refractivity contribution < 1.29 is 14.3 Å². The zero-order chi connectivity index (χ0) is 20.5. The van der Waals surface area contributed by atoms with Gasteiger partial charge in [0, 0.05) is 12.3 Å². The average Bonchev–Trinajstić information content (AvgIpc) is 2.79. The number of carbonyl (C=O) groups is 1. The Bertz CT molecular complexity index is 932. The normalized spacial score (nSPS) is 11.5. The second-order valence-corrected chi connectivity index (χ2v) is 6.91. The topological polar surface area (TPSA) is 35.5 Å². The molecule has 0 saturated heterocycles. The lowest BCUT2D eigenvalue weighted by Crippen LogP contribution is -2.07. The van der Waals surface area contributed by atoms with Gasteiger partial charge in [0.1, 0.15) is 12.4 Å². The maximum Gasteiger partial charge on any atom is 0.305 e. The maximum atomic E-state index is 11.7. The van der Waals surface area contributed by atoms with Gasteiger partial charge in [-0.15, -0.1) is 0 Å². The van der Waals surface area contributed by atoms with Crippen LogP contribution in [0.5, 0.6) is 5.75 Å². The molecule has 0 fully saturated rings. The van der Waals surface area contributed by atoms with Crippen molar-refractivity contribution in [3.05, 3.63) is 108 Å². The van der Waals surface area contributed by atoms with Gasteiger partial charge in [0.2, 0.25) is 0 Å². The first kappa shape index (κ1) is 20.4. The van der Waals surface area contributed by atoms with E-state index in [2.05, 4.69) is 18.7 Å². The van der Waals surface area contributed by atoms with Crippen LogP contribution < -0.4 is 4.74 Å². The van der Waals surface area contributed by atoms with E-state index < -0.39 is 0 Å². The van der Waals surface area contributed by atoms with Gasteiger partial charge in [0.15, 0.2) is 0 Å². The molecule has 3 heteroatoms. The molecule has 29 heavy (non-hydrogen) atoms.